The number of imidazole rings is 1. The molecule has 1 atom stereocenters. The van der Waals surface area contributed by atoms with Gasteiger partial charge in [-0.05, 0) is 19.8 Å². The Balaban J connectivity index is 0.00000196. The Morgan fingerprint density at radius 3 is 2.69 bits per heavy atom. The SMILES string of the molecule is CC(CN1CCOCC1)n1cncc1-c1cnn(C2CCCCC2)c1.Cl. The largest absolute Gasteiger partial charge is 0.379 e. The van der Waals surface area contributed by atoms with Crippen LogP contribution in [-0.2, 0) is 4.74 Å². The van der Waals surface area contributed by atoms with E-state index < -0.39 is 0 Å². The minimum absolute atomic E-state index is 0. The van der Waals surface area contributed by atoms with Crippen molar-refractivity contribution < 1.29 is 4.74 Å². The lowest BCUT2D eigenvalue weighted by Crippen LogP contribution is -2.39. The summed E-state index contributed by atoms with van der Waals surface area (Å²) in [7, 11) is 0. The summed E-state index contributed by atoms with van der Waals surface area (Å²) in [6, 6.07) is 0.957. The highest BCUT2D eigenvalue weighted by Gasteiger charge is 2.20. The van der Waals surface area contributed by atoms with E-state index in [9.17, 15) is 0 Å². The Kier molecular flexibility index (Phi) is 6.73. The van der Waals surface area contributed by atoms with Gasteiger partial charge in [0.05, 0.1) is 43.7 Å². The van der Waals surface area contributed by atoms with Gasteiger partial charge in [-0.2, -0.15) is 5.10 Å². The number of ether oxygens (including phenoxy) is 1. The van der Waals surface area contributed by atoms with Gasteiger partial charge in [-0.3, -0.25) is 9.58 Å². The van der Waals surface area contributed by atoms with Crippen LogP contribution in [0.4, 0.5) is 0 Å². The minimum Gasteiger partial charge on any atom is -0.379 e. The third-order valence-electron chi connectivity index (χ3n) is 5.61. The van der Waals surface area contributed by atoms with Crippen molar-refractivity contribution in [3.8, 4) is 11.3 Å². The highest BCUT2D eigenvalue weighted by atomic mass is 35.5. The molecule has 3 heterocycles. The van der Waals surface area contributed by atoms with Crippen LogP contribution in [-0.4, -0.2) is 57.1 Å². The third kappa shape index (κ3) is 4.30. The molecule has 6 nitrogen and oxygen atoms in total. The molecular formula is C19H30ClN5O. The normalized spacial score (nSPS) is 20.7. The van der Waals surface area contributed by atoms with Crippen molar-refractivity contribution in [1.29, 1.82) is 0 Å². The molecule has 2 fully saturated rings. The molecule has 7 heteroatoms. The monoisotopic (exact) mass is 379 g/mol. The molecule has 1 aliphatic heterocycles. The molecule has 1 saturated heterocycles. The molecule has 0 spiro atoms. The van der Waals surface area contributed by atoms with Gasteiger partial charge in [0.25, 0.3) is 0 Å². The van der Waals surface area contributed by atoms with E-state index in [0.29, 0.717) is 12.1 Å². The highest BCUT2D eigenvalue weighted by molar-refractivity contribution is 5.85. The lowest BCUT2D eigenvalue weighted by Gasteiger charge is -2.30. The Hall–Kier alpha value is -1.37. The van der Waals surface area contributed by atoms with Crippen molar-refractivity contribution in [3.05, 3.63) is 24.9 Å². The van der Waals surface area contributed by atoms with E-state index in [-0.39, 0.29) is 12.4 Å². The second kappa shape index (κ2) is 9.02. The molecule has 1 aliphatic carbocycles. The van der Waals surface area contributed by atoms with E-state index in [0.717, 1.165) is 32.8 Å². The van der Waals surface area contributed by atoms with Gasteiger partial charge >= 0.3 is 0 Å². The Morgan fingerprint density at radius 1 is 1.15 bits per heavy atom. The van der Waals surface area contributed by atoms with E-state index in [4.69, 9.17) is 4.74 Å². The molecule has 1 saturated carbocycles. The molecule has 0 radical (unpaired) electrons. The predicted molar refractivity (Wildman–Crippen MR) is 105 cm³/mol. The molecule has 26 heavy (non-hydrogen) atoms. The lowest BCUT2D eigenvalue weighted by atomic mass is 9.96. The molecule has 2 aliphatic rings. The maximum Gasteiger partial charge on any atom is 0.0953 e. The smallest absolute Gasteiger partial charge is 0.0953 e. The minimum atomic E-state index is 0. The Labute approximate surface area is 161 Å². The summed E-state index contributed by atoms with van der Waals surface area (Å²) in [6.45, 7) is 7.03. The summed E-state index contributed by atoms with van der Waals surface area (Å²) >= 11 is 0. The Bertz CT molecular complexity index is 673. The molecule has 0 N–H and O–H groups in total. The maximum atomic E-state index is 5.45. The first kappa shape index (κ1) is 19.4. The van der Waals surface area contributed by atoms with E-state index in [1.807, 2.05) is 18.7 Å². The summed E-state index contributed by atoms with van der Waals surface area (Å²) in [5.74, 6) is 0. The summed E-state index contributed by atoms with van der Waals surface area (Å²) in [6.07, 6.45) is 14.7. The number of hydrogen-bond acceptors (Lipinski definition) is 4. The van der Waals surface area contributed by atoms with Gasteiger partial charge in [-0.1, -0.05) is 19.3 Å². The standard InChI is InChI=1S/C19H29N5O.ClH/c1-16(13-22-7-9-25-10-8-22)23-15-20-12-19(23)17-11-21-24(14-17)18-5-3-2-4-6-18;/h11-12,14-16,18H,2-10,13H2,1H3;1H. The fourth-order valence-corrected chi connectivity index (χ4v) is 4.14. The number of nitrogens with zero attached hydrogens (tertiary/aromatic N) is 5. The highest BCUT2D eigenvalue weighted by Crippen LogP contribution is 2.30. The van der Waals surface area contributed by atoms with Gasteiger partial charge in [0.2, 0.25) is 0 Å². The van der Waals surface area contributed by atoms with Crippen molar-refractivity contribution in [3.63, 3.8) is 0 Å². The van der Waals surface area contributed by atoms with Gasteiger partial charge in [-0.15, -0.1) is 12.4 Å². The molecule has 1 unspecified atom stereocenters. The fourth-order valence-electron chi connectivity index (χ4n) is 4.14. The van der Waals surface area contributed by atoms with Crippen LogP contribution < -0.4 is 0 Å². The zero-order valence-corrected chi connectivity index (χ0v) is 16.4. The first-order valence-corrected chi connectivity index (χ1v) is 9.68. The second-order valence-electron chi connectivity index (χ2n) is 7.45. The molecule has 4 rings (SSSR count). The Morgan fingerprint density at radius 2 is 1.92 bits per heavy atom. The van der Waals surface area contributed by atoms with Crippen LogP contribution in [0.5, 0.6) is 0 Å². The van der Waals surface area contributed by atoms with Crippen LogP contribution in [0, 0.1) is 0 Å². The van der Waals surface area contributed by atoms with Crippen molar-refractivity contribution in [2.24, 2.45) is 0 Å². The molecule has 144 valence electrons. The van der Waals surface area contributed by atoms with E-state index >= 15 is 0 Å². The second-order valence-corrected chi connectivity index (χ2v) is 7.45. The zero-order chi connectivity index (χ0) is 17.1. The number of halogens is 1. The van der Waals surface area contributed by atoms with Crippen LogP contribution in [0.3, 0.4) is 0 Å². The van der Waals surface area contributed by atoms with E-state index in [1.165, 1.54) is 43.4 Å². The summed E-state index contributed by atoms with van der Waals surface area (Å²) in [5.41, 5.74) is 2.35. The fraction of sp³-hybridized carbons (Fsp3) is 0.684. The number of rotatable bonds is 5. The molecular weight excluding hydrogens is 350 g/mol. The number of hydrogen-bond donors (Lipinski definition) is 0. The summed E-state index contributed by atoms with van der Waals surface area (Å²) in [5, 5.41) is 4.66. The van der Waals surface area contributed by atoms with Crippen LogP contribution in [0.15, 0.2) is 24.9 Å². The lowest BCUT2D eigenvalue weighted by molar-refractivity contribution is 0.0326. The van der Waals surface area contributed by atoms with Crippen molar-refractivity contribution in [1.82, 2.24) is 24.2 Å². The van der Waals surface area contributed by atoms with Gasteiger partial charge in [-0.25, -0.2) is 4.98 Å². The zero-order valence-electron chi connectivity index (χ0n) is 15.6. The average molecular weight is 380 g/mol. The molecule has 0 aromatic carbocycles. The number of morpholine rings is 1. The van der Waals surface area contributed by atoms with Crippen molar-refractivity contribution in [2.75, 3.05) is 32.8 Å². The first-order chi connectivity index (χ1) is 12.3. The summed E-state index contributed by atoms with van der Waals surface area (Å²) < 4.78 is 9.92. The van der Waals surface area contributed by atoms with Gasteiger partial charge in [0.1, 0.15) is 0 Å². The van der Waals surface area contributed by atoms with Crippen molar-refractivity contribution in [2.45, 2.75) is 51.1 Å². The van der Waals surface area contributed by atoms with Crippen LogP contribution >= 0.6 is 12.4 Å². The van der Waals surface area contributed by atoms with Gasteiger partial charge < -0.3 is 9.30 Å². The quantitative estimate of drug-likeness (QED) is 0.796. The summed E-state index contributed by atoms with van der Waals surface area (Å²) in [4.78, 5) is 6.89. The third-order valence-corrected chi connectivity index (χ3v) is 5.61. The van der Waals surface area contributed by atoms with Crippen LogP contribution in [0.2, 0.25) is 0 Å². The molecule has 0 bridgehead atoms. The van der Waals surface area contributed by atoms with Crippen LogP contribution in [0.1, 0.15) is 51.1 Å². The topological polar surface area (TPSA) is 48.1 Å². The van der Waals surface area contributed by atoms with Gasteiger partial charge in [0.15, 0.2) is 0 Å². The predicted octanol–water partition coefficient (Wildman–Crippen LogP) is 3.57. The average Bonchev–Trinajstić information content (AvgIpc) is 3.32. The van der Waals surface area contributed by atoms with Gasteiger partial charge in [0, 0.05) is 37.4 Å². The number of aromatic nitrogens is 4. The first-order valence-electron chi connectivity index (χ1n) is 9.68. The molecule has 2 aromatic heterocycles. The van der Waals surface area contributed by atoms with Crippen LogP contribution in [0.25, 0.3) is 11.3 Å². The maximum absolute atomic E-state index is 5.45. The molecule has 2 aromatic rings. The van der Waals surface area contributed by atoms with E-state index in [1.54, 1.807) is 0 Å². The van der Waals surface area contributed by atoms with Crippen molar-refractivity contribution >= 4 is 12.4 Å². The molecule has 0 amide bonds. The van der Waals surface area contributed by atoms with E-state index in [2.05, 4.69) is 37.4 Å².